The van der Waals surface area contributed by atoms with E-state index >= 15 is 0 Å². The van der Waals surface area contributed by atoms with Gasteiger partial charge < -0.3 is 16.2 Å². The molecule has 0 heterocycles. The zero-order chi connectivity index (χ0) is 10.3. The van der Waals surface area contributed by atoms with Crippen LogP contribution in [0.3, 0.4) is 0 Å². The fourth-order valence-electron chi connectivity index (χ4n) is 0.854. The first-order valence-electron chi connectivity index (χ1n) is 4.52. The molecule has 0 aromatic heterocycles. The molecule has 0 radical (unpaired) electrons. The van der Waals surface area contributed by atoms with Crippen LogP contribution in [-0.2, 0) is 0 Å². The van der Waals surface area contributed by atoms with Crippen LogP contribution in [0, 0.1) is 0 Å². The lowest BCUT2D eigenvalue weighted by Crippen LogP contribution is -1.97. The Balaban J connectivity index is 0.000000671. The average molecular weight is 182 g/mol. The highest BCUT2D eigenvalue weighted by atomic mass is 16.5. The van der Waals surface area contributed by atoms with Gasteiger partial charge in [-0.3, -0.25) is 0 Å². The van der Waals surface area contributed by atoms with Gasteiger partial charge in [-0.2, -0.15) is 0 Å². The van der Waals surface area contributed by atoms with Crippen LogP contribution in [-0.4, -0.2) is 6.61 Å². The van der Waals surface area contributed by atoms with E-state index in [4.69, 9.17) is 16.2 Å². The summed E-state index contributed by atoms with van der Waals surface area (Å²) in [5, 5.41) is 0. The minimum Gasteiger partial charge on any atom is -0.492 e. The van der Waals surface area contributed by atoms with Gasteiger partial charge in [-0.15, -0.1) is 0 Å². The third kappa shape index (κ3) is 3.69. The topological polar surface area (TPSA) is 61.3 Å². The van der Waals surface area contributed by atoms with Crippen LogP contribution in [0.4, 0.5) is 11.4 Å². The second-order valence-corrected chi connectivity index (χ2v) is 2.23. The average Bonchev–Trinajstić information content (AvgIpc) is 2.14. The summed E-state index contributed by atoms with van der Waals surface area (Å²) >= 11 is 0. The van der Waals surface area contributed by atoms with Gasteiger partial charge >= 0.3 is 0 Å². The van der Waals surface area contributed by atoms with Gasteiger partial charge in [0.25, 0.3) is 0 Å². The summed E-state index contributed by atoms with van der Waals surface area (Å²) < 4.78 is 5.21. The summed E-state index contributed by atoms with van der Waals surface area (Å²) in [5.41, 5.74) is 12.3. The van der Waals surface area contributed by atoms with E-state index in [1.54, 1.807) is 18.2 Å². The van der Waals surface area contributed by atoms with Crippen molar-refractivity contribution >= 4 is 11.4 Å². The lowest BCUT2D eigenvalue weighted by atomic mass is 10.2. The van der Waals surface area contributed by atoms with Gasteiger partial charge in [-0.05, 0) is 25.1 Å². The molecule has 13 heavy (non-hydrogen) atoms. The molecule has 0 saturated carbocycles. The maximum absolute atomic E-state index is 5.60. The van der Waals surface area contributed by atoms with Gasteiger partial charge in [-0.1, -0.05) is 13.8 Å². The number of ether oxygens (including phenoxy) is 1. The Labute approximate surface area is 79.7 Å². The number of rotatable bonds is 2. The normalized spacial score (nSPS) is 8.54. The molecule has 1 rings (SSSR count). The SMILES string of the molecule is CC.CCOc1ccc(N)cc1N. The van der Waals surface area contributed by atoms with Gasteiger partial charge in [0.2, 0.25) is 0 Å². The minimum absolute atomic E-state index is 0.590. The van der Waals surface area contributed by atoms with Crippen LogP contribution in [0.2, 0.25) is 0 Å². The van der Waals surface area contributed by atoms with Crippen molar-refractivity contribution in [1.29, 1.82) is 0 Å². The molecule has 0 aliphatic carbocycles. The Hall–Kier alpha value is -1.38. The first kappa shape index (κ1) is 11.6. The van der Waals surface area contributed by atoms with Gasteiger partial charge in [0, 0.05) is 5.69 Å². The van der Waals surface area contributed by atoms with E-state index in [0.29, 0.717) is 23.7 Å². The molecule has 0 aliphatic rings. The van der Waals surface area contributed by atoms with Crippen LogP contribution in [0.25, 0.3) is 0 Å². The third-order valence-electron chi connectivity index (χ3n) is 1.33. The second kappa shape index (κ2) is 6.17. The first-order valence-corrected chi connectivity index (χ1v) is 4.52. The van der Waals surface area contributed by atoms with Crippen LogP contribution < -0.4 is 16.2 Å². The highest BCUT2D eigenvalue weighted by Crippen LogP contribution is 2.22. The molecule has 0 bridgehead atoms. The predicted molar refractivity (Wildman–Crippen MR) is 57.8 cm³/mol. The molecule has 3 heteroatoms. The standard InChI is InChI=1S/C8H12N2O.C2H6/c1-2-11-8-4-3-6(9)5-7(8)10;1-2/h3-5H,2,9-10H2,1H3;1-2H3. The van der Waals surface area contributed by atoms with E-state index in [1.165, 1.54) is 0 Å². The van der Waals surface area contributed by atoms with Crippen molar-refractivity contribution in [3.63, 3.8) is 0 Å². The highest BCUT2D eigenvalue weighted by molar-refractivity contribution is 5.60. The van der Waals surface area contributed by atoms with Crippen LogP contribution >= 0.6 is 0 Å². The van der Waals surface area contributed by atoms with Crippen LogP contribution in [0.5, 0.6) is 5.75 Å². The fourth-order valence-corrected chi connectivity index (χ4v) is 0.854. The summed E-state index contributed by atoms with van der Waals surface area (Å²) in [4.78, 5) is 0. The maximum Gasteiger partial charge on any atom is 0.142 e. The van der Waals surface area contributed by atoms with E-state index < -0.39 is 0 Å². The van der Waals surface area contributed by atoms with Gasteiger partial charge in [0.05, 0.1) is 12.3 Å². The van der Waals surface area contributed by atoms with Crippen molar-refractivity contribution in [3.05, 3.63) is 18.2 Å². The molecule has 3 nitrogen and oxygen atoms in total. The summed E-state index contributed by atoms with van der Waals surface area (Å²) in [6.45, 7) is 6.53. The predicted octanol–water partition coefficient (Wildman–Crippen LogP) is 2.28. The van der Waals surface area contributed by atoms with Crippen LogP contribution in [0.15, 0.2) is 18.2 Å². The van der Waals surface area contributed by atoms with Crippen LogP contribution in [0.1, 0.15) is 20.8 Å². The molecular weight excluding hydrogens is 164 g/mol. The van der Waals surface area contributed by atoms with Gasteiger partial charge in [0.15, 0.2) is 0 Å². The zero-order valence-electron chi connectivity index (χ0n) is 8.50. The van der Waals surface area contributed by atoms with Crippen molar-refractivity contribution in [2.45, 2.75) is 20.8 Å². The number of nitrogen functional groups attached to an aromatic ring is 2. The number of nitrogens with two attached hydrogens (primary N) is 2. The summed E-state index contributed by atoms with van der Waals surface area (Å²) in [7, 11) is 0. The molecule has 74 valence electrons. The van der Waals surface area contributed by atoms with Crippen molar-refractivity contribution in [3.8, 4) is 5.75 Å². The Kier molecular flexibility index (Phi) is 5.52. The molecule has 1 aromatic rings. The summed E-state index contributed by atoms with van der Waals surface area (Å²) in [5.74, 6) is 0.696. The second-order valence-electron chi connectivity index (χ2n) is 2.23. The Morgan fingerprint density at radius 2 is 1.85 bits per heavy atom. The van der Waals surface area contributed by atoms with Crippen molar-refractivity contribution in [2.75, 3.05) is 18.1 Å². The first-order chi connectivity index (χ1) is 6.24. The zero-order valence-corrected chi connectivity index (χ0v) is 8.50. The molecule has 0 fully saturated rings. The monoisotopic (exact) mass is 182 g/mol. The summed E-state index contributed by atoms with van der Waals surface area (Å²) in [6, 6.07) is 5.22. The lowest BCUT2D eigenvalue weighted by molar-refractivity contribution is 0.342. The number of benzene rings is 1. The van der Waals surface area contributed by atoms with Crippen molar-refractivity contribution in [2.24, 2.45) is 0 Å². The van der Waals surface area contributed by atoms with E-state index in [9.17, 15) is 0 Å². The molecule has 0 spiro atoms. The fraction of sp³-hybridized carbons (Fsp3) is 0.400. The summed E-state index contributed by atoms with van der Waals surface area (Å²) in [6.07, 6.45) is 0. The Morgan fingerprint density at radius 1 is 1.23 bits per heavy atom. The molecule has 0 unspecified atom stereocenters. The number of anilines is 2. The van der Waals surface area contributed by atoms with E-state index in [-0.39, 0.29) is 0 Å². The number of hydrogen-bond donors (Lipinski definition) is 2. The molecule has 4 N–H and O–H groups in total. The Morgan fingerprint density at radius 3 is 2.31 bits per heavy atom. The Bertz CT molecular complexity index is 249. The molecule has 0 amide bonds. The quantitative estimate of drug-likeness (QED) is 0.690. The van der Waals surface area contributed by atoms with Gasteiger partial charge in [-0.25, -0.2) is 0 Å². The largest absolute Gasteiger partial charge is 0.492 e. The molecule has 1 aromatic carbocycles. The minimum atomic E-state index is 0.590. The smallest absolute Gasteiger partial charge is 0.142 e. The molecule has 0 atom stereocenters. The highest BCUT2D eigenvalue weighted by Gasteiger charge is 1.97. The van der Waals surface area contributed by atoms with Crippen molar-refractivity contribution in [1.82, 2.24) is 0 Å². The van der Waals surface area contributed by atoms with E-state index in [1.807, 2.05) is 20.8 Å². The van der Waals surface area contributed by atoms with Crippen molar-refractivity contribution < 1.29 is 4.74 Å². The van der Waals surface area contributed by atoms with Gasteiger partial charge in [0.1, 0.15) is 5.75 Å². The molecule has 0 saturated heterocycles. The third-order valence-corrected chi connectivity index (χ3v) is 1.33. The number of hydrogen-bond acceptors (Lipinski definition) is 3. The van der Waals surface area contributed by atoms with E-state index in [0.717, 1.165) is 0 Å². The van der Waals surface area contributed by atoms with E-state index in [2.05, 4.69) is 0 Å². The lowest BCUT2D eigenvalue weighted by Gasteiger charge is -2.06. The molecule has 0 aliphatic heterocycles. The molecular formula is C10H18N2O. The maximum atomic E-state index is 5.60.